The summed E-state index contributed by atoms with van der Waals surface area (Å²) in [7, 11) is 1.74. The van der Waals surface area contributed by atoms with Crippen molar-refractivity contribution in [3.8, 4) is 0 Å². The fraction of sp³-hybridized carbons (Fsp3) is 1.00. The van der Waals surface area contributed by atoms with Crippen molar-refractivity contribution in [2.75, 3.05) is 20.3 Å². The third kappa shape index (κ3) is 5.28. The van der Waals surface area contributed by atoms with Crippen molar-refractivity contribution in [3.05, 3.63) is 0 Å². The van der Waals surface area contributed by atoms with Crippen LogP contribution in [0.3, 0.4) is 0 Å². The second-order valence-electron chi connectivity index (χ2n) is 5.40. The minimum atomic E-state index is 0.272. The molecule has 1 rings (SSSR count). The molecule has 0 radical (unpaired) electrons. The molecule has 1 aliphatic rings. The van der Waals surface area contributed by atoms with E-state index in [1.807, 2.05) is 0 Å². The average molecular weight is 228 g/mol. The summed E-state index contributed by atoms with van der Waals surface area (Å²) in [4.78, 5) is 0. The maximum atomic E-state index is 6.07. The Morgan fingerprint density at radius 3 is 2.62 bits per heavy atom. The minimum absolute atomic E-state index is 0.272. The topological polar surface area (TPSA) is 47.3 Å². The van der Waals surface area contributed by atoms with E-state index in [9.17, 15) is 0 Å². The minimum Gasteiger partial charge on any atom is -0.385 e. The van der Waals surface area contributed by atoms with E-state index < -0.39 is 0 Å². The van der Waals surface area contributed by atoms with Crippen LogP contribution in [-0.4, -0.2) is 31.8 Å². The van der Waals surface area contributed by atoms with Crippen LogP contribution in [0.5, 0.6) is 0 Å². The van der Waals surface area contributed by atoms with E-state index in [2.05, 4.69) is 12.2 Å². The van der Waals surface area contributed by atoms with E-state index in [1.54, 1.807) is 7.11 Å². The highest BCUT2D eigenvalue weighted by molar-refractivity contribution is 4.87. The Morgan fingerprint density at radius 1 is 1.31 bits per heavy atom. The van der Waals surface area contributed by atoms with Gasteiger partial charge in [0.1, 0.15) is 0 Å². The lowest BCUT2D eigenvalue weighted by Gasteiger charge is -2.35. The number of nitrogens with one attached hydrogen (secondary N) is 1. The van der Waals surface area contributed by atoms with Crippen molar-refractivity contribution in [1.29, 1.82) is 0 Å². The molecule has 3 nitrogen and oxygen atoms in total. The third-order valence-corrected chi connectivity index (χ3v) is 3.67. The normalized spacial score (nSPS) is 21.9. The number of hydrogen-bond acceptors (Lipinski definition) is 3. The lowest BCUT2D eigenvalue weighted by atomic mass is 9.83. The molecule has 0 saturated heterocycles. The zero-order valence-electron chi connectivity index (χ0n) is 10.9. The highest BCUT2D eigenvalue weighted by atomic mass is 16.5. The maximum Gasteiger partial charge on any atom is 0.0462 e. The van der Waals surface area contributed by atoms with Crippen LogP contribution in [0, 0.1) is 0 Å². The first kappa shape index (κ1) is 13.9. The lowest BCUT2D eigenvalue weighted by molar-refractivity contribution is 0.188. The van der Waals surface area contributed by atoms with Crippen molar-refractivity contribution in [2.24, 2.45) is 5.73 Å². The molecular formula is C13H28N2O. The summed E-state index contributed by atoms with van der Waals surface area (Å²) in [6, 6.07) is 0.272. The number of ether oxygens (including phenoxy) is 1. The molecule has 0 heterocycles. The summed E-state index contributed by atoms with van der Waals surface area (Å²) in [5.41, 5.74) is 6.42. The first-order valence-electron chi connectivity index (χ1n) is 6.66. The monoisotopic (exact) mass is 228 g/mol. The zero-order chi connectivity index (χ0) is 11.9. The second-order valence-corrected chi connectivity index (χ2v) is 5.40. The SMILES string of the molecule is COCCCC(N)CNC1(C)CCCCC1. The number of methoxy groups -OCH3 is 1. The first-order chi connectivity index (χ1) is 7.66. The summed E-state index contributed by atoms with van der Waals surface area (Å²) < 4.78 is 5.03. The van der Waals surface area contributed by atoms with Crippen LogP contribution in [-0.2, 0) is 4.74 Å². The van der Waals surface area contributed by atoms with Crippen molar-refractivity contribution in [1.82, 2.24) is 5.32 Å². The fourth-order valence-electron chi connectivity index (χ4n) is 2.48. The van der Waals surface area contributed by atoms with Gasteiger partial charge in [0.05, 0.1) is 0 Å². The molecule has 0 amide bonds. The predicted octanol–water partition coefficient (Wildman–Crippen LogP) is 2.05. The molecule has 1 aliphatic carbocycles. The van der Waals surface area contributed by atoms with Crippen molar-refractivity contribution in [2.45, 2.75) is 63.5 Å². The summed E-state index contributed by atoms with van der Waals surface area (Å²) >= 11 is 0. The Balaban J connectivity index is 2.12. The Labute approximate surface area is 100 Å². The summed E-state index contributed by atoms with van der Waals surface area (Å²) in [6.45, 7) is 4.11. The van der Waals surface area contributed by atoms with Gasteiger partial charge in [-0.2, -0.15) is 0 Å². The molecule has 0 aromatic heterocycles. The summed E-state index contributed by atoms with van der Waals surface area (Å²) in [6.07, 6.45) is 8.85. The second kappa shape index (κ2) is 7.25. The van der Waals surface area contributed by atoms with Crippen molar-refractivity contribution >= 4 is 0 Å². The molecule has 1 unspecified atom stereocenters. The van der Waals surface area contributed by atoms with E-state index >= 15 is 0 Å². The van der Waals surface area contributed by atoms with E-state index in [0.717, 1.165) is 26.0 Å². The summed E-state index contributed by atoms with van der Waals surface area (Å²) in [5.74, 6) is 0. The molecule has 0 aromatic carbocycles. The van der Waals surface area contributed by atoms with E-state index in [-0.39, 0.29) is 6.04 Å². The number of hydrogen-bond donors (Lipinski definition) is 2. The van der Waals surface area contributed by atoms with Crippen molar-refractivity contribution < 1.29 is 4.74 Å². The van der Waals surface area contributed by atoms with Gasteiger partial charge in [-0.3, -0.25) is 0 Å². The quantitative estimate of drug-likeness (QED) is 0.656. The van der Waals surface area contributed by atoms with Gasteiger partial charge in [-0.1, -0.05) is 19.3 Å². The molecule has 96 valence electrons. The first-order valence-corrected chi connectivity index (χ1v) is 6.66. The van der Waals surface area contributed by atoms with Crippen molar-refractivity contribution in [3.63, 3.8) is 0 Å². The largest absolute Gasteiger partial charge is 0.385 e. The van der Waals surface area contributed by atoms with Gasteiger partial charge in [0.15, 0.2) is 0 Å². The molecule has 0 aliphatic heterocycles. The van der Waals surface area contributed by atoms with Gasteiger partial charge in [-0.05, 0) is 32.6 Å². The number of rotatable bonds is 7. The smallest absolute Gasteiger partial charge is 0.0462 e. The van der Waals surface area contributed by atoms with Gasteiger partial charge in [0.2, 0.25) is 0 Å². The lowest BCUT2D eigenvalue weighted by Crippen LogP contribution is -2.48. The van der Waals surface area contributed by atoms with Gasteiger partial charge < -0.3 is 15.8 Å². The molecule has 1 fully saturated rings. The zero-order valence-corrected chi connectivity index (χ0v) is 10.9. The Bertz CT molecular complexity index is 179. The Morgan fingerprint density at radius 2 is 2.00 bits per heavy atom. The van der Waals surface area contributed by atoms with Gasteiger partial charge >= 0.3 is 0 Å². The van der Waals surface area contributed by atoms with Gasteiger partial charge in [-0.15, -0.1) is 0 Å². The van der Waals surface area contributed by atoms with E-state index in [0.29, 0.717) is 5.54 Å². The Hall–Kier alpha value is -0.120. The molecule has 0 spiro atoms. The fourth-order valence-corrected chi connectivity index (χ4v) is 2.48. The van der Waals surface area contributed by atoms with Crippen LogP contribution in [0.2, 0.25) is 0 Å². The molecule has 0 bridgehead atoms. The van der Waals surface area contributed by atoms with Crippen LogP contribution in [0.15, 0.2) is 0 Å². The molecule has 0 aromatic rings. The third-order valence-electron chi connectivity index (χ3n) is 3.67. The van der Waals surface area contributed by atoms with Crippen LogP contribution in [0.25, 0.3) is 0 Å². The highest BCUT2D eigenvalue weighted by Crippen LogP contribution is 2.27. The highest BCUT2D eigenvalue weighted by Gasteiger charge is 2.26. The van der Waals surface area contributed by atoms with Crippen LogP contribution in [0.4, 0.5) is 0 Å². The molecule has 1 atom stereocenters. The molecule has 16 heavy (non-hydrogen) atoms. The Kier molecular flexibility index (Phi) is 6.32. The average Bonchev–Trinajstić information content (AvgIpc) is 2.28. The van der Waals surface area contributed by atoms with Crippen LogP contribution >= 0.6 is 0 Å². The molecule has 3 N–H and O–H groups in total. The summed E-state index contributed by atoms with van der Waals surface area (Å²) in [5, 5.41) is 3.66. The van der Waals surface area contributed by atoms with Gasteiger partial charge in [-0.25, -0.2) is 0 Å². The molecular weight excluding hydrogens is 200 g/mol. The standard InChI is InChI=1S/C13H28N2O/c1-13(8-4-3-5-9-13)15-11-12(14)7-6-10-16-2/h12,15H,3-11,14H2,1-2H3. The van der Waals surface area contributed by atoms with Gasteiger partial charge in [0, 0.05) is 31.8 Å². The van der Waals surface area contributed by atoms with Crippen LogP contribution in [0.1, 0.15) is 51.9 Å². The van der Waals surface area contributed by atoms with Gasteiger partial charge in [0.25, 0.3) is 0 Å². The number of nitrogens with two attached hydrogens (primary N) is 1. The molecule has 3 heteroatoms. The molecule has 1 saturated carbocycles. The maximum absolute atomic E-state index is 6.07. The predicted molar refractivity (Wildman–Crippen MR) is 68.6 cm³/mol. The van der Waals surface area contributed by atoms with E-state index in [4.69, 9.17) is 10.5 Å². The van der Waals surface area contributed by atoms with Crippen LogP contribution < -0.4 is 11.1 Å². The van der Waals surface area contributed by atoms with E-state index in [1.165, 1.54) is 32.1 Å².